The van der Waals surface area contributed by atoms with Gasteiger partial charge in [0.15, 0.2) is 0 Å². The summed E-state index contributed by atoms with van der Waals surface area (Å²) in [7, 11) is 0. The molecule has 1 N–H and O–H groups in total. The van der Waals surface area contributed by atoms with E-state index in [1.54, 1.807) is 12.1 Å². The number of ether oxygens (including phenoxy) is 1. The van der Waals surface area contributed by atoms with Crippen LogP contribution in [0.5, 0.6) is 5.75 Å². The fourth-order valence-corrected chi connectivity index (χ4v) is 2.48. The van der Waals surface area contributed by atoms with Crippen molar-refractivity contribution in [2.24, 2.45) is 5.92 Å². The molecular formula is C21H24FN3O2. The van der Waals surface area contributed by atoms with E-state index in [1.165, 1.54) is 12.1 Å². The van der Waals surface area contributed by atoms with Gasteiger partial charge < -0.3 is 14.6 Å². The molecule has 1 heterocycles. The quantitative estimate of drug-likeness (QED) is 0.620. The molecule has 1 unspecified atom stereocenters. The van der Waals surface area contributed by atoms with Crippen LogP contribution < -0.4 is 10.1 Å². The van der Waals surface area contributed by atoms with Crippen LogP contribution in [0.3, 0.4) is 0 Å². The Hall–Kier alpha value is -2.73. The first-order valence-electron chi connectivity index (χ1n) is 9.06. The number of nitrogens with zero attached hydrogens (tertiary/aromatic N) is 2. The Kier molecular flexibility index (Phi) is 6.19. The van der Waals surface area contributed by atoms with Gasteiger partial charge in [-0.15, -0.1) is 0 Å². The molecular weight excluding hydrogens is 345 g/mol. The van der Waals surface area contributed by atoms with E-state index in [9.17, 15) is 4.39 Å². The number of benzene rings is 2. The summed E-state index contributed by atoms with van der Waals surface area (Å²) in [4.78, 5) is 4.36. The minimum Gasteiger partial charge on any atom is -0.493 e. The predicted molar refractivity (Wildman–Crippen MR) is 102 cm³/mol. The molecule has 3 rings (SSSR count). The zero-order valence-electron chi connectivity index (χ0n) is 15.8. The SMILES string of the molecule is CC(C)COc1ccc(CNC(C)c2nc(-c3cccc(F)c3)no2)cc1. The molecule has 27 heavy (non-hydrogen) atoms. The minimum atomic E-state index is -0.328. The Labute approximate surface area is 158 Å². The highest BCUT2D eigenvalue weighted by Crippen LogP contribution is 2.20. The van der Waals surface area contributed by atoms with Crippen LogP contribution in [0.15, 0.2) is 53.1 Å². The summed E-state index contributed by atoms with van der Waals surface area (Å²) in [6.07, 6.45) is 0. The van der Waals surface area contributed by atoms with E-state index in [4.69, 9.17) is 9.26 Å². The van der Waals surface area contributed by atoms with Crippen molar-refractivity contribution in [3.05, 3.63) is 65.8 Å². The molecule has 0 saturated carbocycles. The van der Waals surface area contributed by atoms with E-state index in [0.29, 0.717) is 36.3 Å². The maximum atomic E-state index is 13.3. The van der Waals surface area contributed by atoms with Crippen molar-refractivity contribution in [2.45, 2.75) is 33.4 Å². The van der Waals surface area contributed by atoms with Gasteiger partial charge in [-0.3, -0.25) is 0 Å². The molecule has 0 aliphatic rings. The fraction of sp³-hybridized carbons (Fsp3) is 0.333. The van der Waals surface area contributed by atoms with Crippen molar-refractivity contribution in [3.63, 3.8) is 0 Å². The van der Waals surface area contributed by atoms with Gasteiger partial charge in [-0.05, 0) is 42.7 Å². The highest BCUT2D eigenvalue weighted by atomic mass is 19.1. The molecule has 0 radical (unpaired) electrons. The van der Waals surface area contributed by atoms with Crippen LogP contribution in [0.1, 0.15) is 38.3 Å². The molecule has 3 aromatic rings. The molecule has 2 aromatic carbocycles. The average molecular weight is 369 g/mol. The summed E-state index contributed by atoms with van der Waals surface area (Å²) in [5.74, 6) is 1.89. The van der Waals surface area contributed by atoms with Gasteiger partial charge in [-0.25, -0.2) is 4.39 Å². The lowest BCUT2D eigenvalue weighted by Crippen LogP contribution is -2.18. The third-order valence-electron chi connectivity index (χ3n) is 4.01. The van der Waals surface area contributed by atoms with Gasteiger partial charge >= 0.3 is 0 Å². The van der Waals surface area contributed by atoms with E-state index >= 15 is 0 Å². The summed E-state index contributed by atoms with van der Waals surface area (Å²) in [6.45, 7) is 7.56. The summed E-state index contributed by atoms with van der Waals surface area (Å²) in [6, 6.07) is 14.0. The Balaban J connectivity index is 1.56. The number of halogens is 1. The molecule has 0 aliphatic heterocycles. The van der Waals surface area contributed by atoms with Gasteiger partial charge in [0.2, 0.25) is 11.7 Å². The maximum Gasteiger partial charge on any atom is 0.243 e. The first-order chi connectivity index (χ1) is 13.0. The molecule has 5 nitrogen and oxygen atoms in total. The zero-order valence-corrected chi connectivity index (χ0v) is 15.8. The molecule has 0 bridgehead atoms. The molecule has 0 aliphatic carbocycles. The van der Waals surface area contributed by atoms with E-state index in [-0.39, 0.29) is 11.9 Å². The van der Waals surface area contributed by atoms with Crippen molar-refractivity contribution >= 4 is 0 Å². The van der Waals surface area contributed by atoms with Gasteiger partial charge in [0.25, 0.3) is 0 Å². The summed E-state index contributed by atoms with van der Waals surface area (Å²) in [5.41, 5.74) is 1.72. The molecule has 0 amide bonds. The number of hydrogen-bond acceptors (Lipinski definition) is 5. The number of aromatic nitrogens is 2. The van der Waals surface area contributed by atoms with Crippen molar-refractivity contribution < 1.29 is 13.7 Å². The normalized spacial score (nSPS) is 12.3. The van der Waals surface area contributed by atoms with E-state index in [2.05, 4.69) is 29.3 Å². The number of rotatable bonds is 8. The Bertz CT molecular complexity index is 862. The second-order valence-electron chi connectivity index (χ2n) is 6.92. The highest BCUT2D eigenvalue weighted by molar-refractivity contribution is 5.53. The largest absolute Gasteiger partial charge is 0.493 e. The van der Waals surface area contributed by atoms with Crippen molar-refractivity contribution in [3.8, 4) is 17.1 Å². The van der Waals surface area contributed by atoms with Crippen LogP contribution in [0.25, 0.3) is 11.4 Å². The van der Waals surface area contributed by atoms with Crippen LogP contribution in [0.4, 0.5) is 4.39 Å². The van der Waals surface area contributed by atoms with E-state index < -0.39 is 0 Å². The molecule has 0 fully saturated rings. The summed E-state index contributed by atoms with van der Waals surface area (Å²) >= 11 is 0. The van der Waals surface area contributed by atoms with E-state index in [0.717, 1.165) is 11.3 Å². The molecule has 6 heteroatoms. The highest BCUT2D eigenvalue weighted by Gasteiger charge is 2.15. The van der Waals surface area contributed by atoms with Crippen LogP contribution >= 0.6 is 0 Å². The van der Waals surface area contributed by atoms with E-state index in [1.807, 2.05) is 31.2 Å². The van der Waals surface area contributed by atoms with Crippen LogP contribution in [0, 0.1) is 11.7 Å². The Morgan fingerprint density at radius 2 is 1.89 bits per heavy atom. The molecule has 1 atom stereocenters. The first kappa shape index (κ1) is 19.0. The Morgan fingerprint density at radius 1 is 1.11 bits per heavy atom. The summed E-state index contributed by atoms with van der Waals surface area (Å²) < 4.78 is 24.3. The van der Waals surface area contributed by atoms with Crippen LogP contribution in [-0.4, -0.2) is 16.7 Å². The number of hydrogen-bond donors (Lipinski definition) is 1. The van der Waals surface area contributed by atoms with Crippen LogP contribution in [-0.2, 0) is 6.54 Å². The van der Waals surface area contributed by atoms with Crippen LogP contribution in [0.2, 0.25) is 0 Å². The monoisotopic (exact) mass is 369 g/mol. The van der Waals surface area contributed by atoms with Crippen molar-refractivity contribution in [2.75, 3.05) is 6.61 Å². The standard InChI is InChI=1S/C21H24FN3O2/c1-14(2)13-26-19-9-7-16(8-10-19)12-23-15(3)21-24-20(25-27-21)17-5-4-6-18(22)11-17/h4-11,14-15,23H,12-13H2,1-3H3. The smallest absolute Gasteiger partial charge is 0.243 e. The summed E-state index contributed by atoms with van der Waals surface area (Å²) in [5, 5.41) is 7.29. The van der Waals surface area contributed by atoms with Gasteiger partial charge in [0.05, 0.1) is 12.6 Å². The first-order valence-corrected chi connectivity index (χ1v) is 9.06. The lowest BCUT2D eigenvalue weighted by molar-refractivity contribution is 0.271. The van der Waals surface area contributed by atoms with Gasteiger partial charge in [0.1, 0.15) is 11.6 Å². The predicted octanol–water partition coefficient (Wildman–Crippen LogP) is 4.76. The lowest BCUT2D eigenvalue weighted by Gasteiger charge is -2.11. The maximum absolute atomic E-state index is 13.3. The van der Waals surface area contributed by atoms with Crippen molar-refractivity contribution in [1.29, 1.82) is 0 Å². The minimum absolute atomic E-state index is 0.128. The lowest BCUT2D eigenvalue weighted by atomic mass is 10.2. The third-order valence-corrected chi connectivity index (χ3v) is 4.01. The molecule has 0 saturated heterocycles. The second kappa shape index (κ2) is 8.77. The van der Waals surface area contributed by atoms with Crippen molar-refractivity contribution in [1.82, 2.24) is 15.5 Å². The second-order valence-corrected chi connectivity index (χ2v) is 6.92. The average Bonchev–Trinajstić information content (AvgIpc) is 3.15. The Morgan fingerprint density at radius 3 is 2.59 bits per heavy atom. The number of nitrogens with one attached hydrogen (secondary N) is 1. The topological polar surface area (TPSA) is 60.2 Å². The fourth-order valence-electron chi connectivity index (χ4n) is 2.48. The molecule has 1 aromatic heterocycles. The van der Waals surface area contributed by atoms with Gasteiger partial charge in [-0.1, -0.05) is 43.3 Å². The molecule has 142 valence electrons. The van der Waals surface area contributed by atoms with Gasteiger partial charge in [-0.2, -0.15) is 4.98 Å². The third kappa shape index (κ3) is 5.37. The molecule has 0 spiro atoms. The zero-order chi connectivity index (χ0) is 19.2. The van der Waals surface area contributed by atoms with Gasteiger partial charge in [0, 0.05) is 12.1 Å².